The summed E-state index contributed by atoms with van der Waals surface area (Å²) in [5, 5.41) is 3.12. The van der Waals surface area contributed by atoms with E-state index in [-0.39, 0.29) is 23.8 Å². The van der Waals surface area contributed by atoms with E-state index in [9.17, 15) is 9.59 Å². The molecule has 0 saturated heterocycles. The highest BCUT2D eigenvalue weighted by Crippen LogP contribution is 2.20. The van der Waals surface area contributed by atoms with Crippen molar-refractivity contribution in [1.29, 1.82) is 0 Å². The van der Waals surface area contributed by atoms with Crippen LogP contribution in [0.1, 0.15) is 125 Å². The maximum absolute atomic E-state index is 12.9. The molecule has 0 fully saturated rings. The first-order chi connectivity index (χ1) is 14.1. The summed E-state index contributed by atoms with van der Waals surface area (Å²) in [7, 11) is 0. The summed E-state index contributed by atoms with van der Waals surface area (Å²) >= 11 is 0. The van der Waals surface area contributed by atoms with Crippen LogP contribution in [0.5, 0.6) is 0 Å². The Morgan fingerprint density at radius 3 is 1.83 bits per heavy atom. The summed E-state index contributed by atoms with van der Waals surface area (Å²) < 4.78 is 5.37. The molecule has 0 aromatic carbocycles. The molecule has 0 aliphatic rings. The van der Waals surface area contributed by atoms with Crippen molar-refractivity contribution < 1.29 is 14.3 Å². The molecule has 1 amide bonds. The third-order valence-electron chi connectivity index (χ3n) is 5.31. The molecular formula is C26H49NO3. The van der Waals surface area contributed by atoms with Crippen LogP contribution in [-0.4, -0.2) is 23.5 Å². The first-order valence-electron chi connectivity index (χ1n) is 12.3. The van der Waals surface area contributed by atoms with Crippen LogP contribution in [0.25, 0.3) is 0 Å². The molecule has 0 spiro atoms. The van der Waals surface area contributed by atoms with Gasteiger partial charge in [-0.25, -0.2) is 4.79 Å². The lowest BCUT2D eigenvalue weighted by molar-refractivity contribution is -0.150. The quantitative estimate of drug-likeness (QED) is 0.154. The van der Waals surface area contributed by atoms with Crippen molar-refractivity contribution in [2.75, 3.05) is 0 Å². The number of hydrogen-bond donors (Lipinski definition) is 1. The van der Waals surface area contributed by atoms with Crippen LogP contribution in [-0.2, 0) is 14.3 Å². The minimum Gasteiger partial charge on any atom is -0.457 e. The van der Waals surface area contributed by atoms with Gasteiger partial charge in [0.25, 0.3) is 0 Å². The van der Waals surface area contributed by atoms with Gasteiger partial charge in [-0.2, -0.15) is 0 Å². The molecule has 0 bridgehead atoms. The van der Waals surface area contributed by atoms with E-state index >= 15 is 0 Å². The maximum atomic E-state index is 12.9. The van der Waals surface area contributed by atoms with Gasteiger partial charge in [0.15, 0.2) is 0 Å². The third kappa shape index (κ3) is 15.5. The third-order valence-corrected chi connectivity index (χ3v) is 5.31. The Morgan fingerprint density at radius 1 is 0.867 bits per heavy atom. The zero-order valence-electron chi connectivity index (χ0n) is 20.8. The highest BCUT2D eigenvalue weighted by molar-refractivity contribution is 5.88. The maximum Gasteiger partial charge on any atom is 0.333 e. The Labute approximate surface area is 186 Å². The Kier molecular flexibility index (Phi) is 15.7. The molecule has 0 rings (SSSR count). The van der Waals surface area contributed by atoms with E-state index in [2.05, 4.69) is 25.7 Å². The van der Waals surface area contributed by atoms with Gasteiger partial charge < -0.3 is 10.1 Å². The lowest BCUT2D eigenvalue weighted by atomic mass is 9.93. The Bertz CT molecular complexity index is 493. The summed E-state index contributed by atoms with van der Waals surface area (Å²) in [4.78, 5) is 25.0. The average molecular weight is 424 g/mol. The first-order valence-corrected chi connectivity index (χ1v) is 12.3. The number of amides is 1. The van der Waals surface area contributed by atoms with Crippen LogP contribution >= 0.6 is 0 Å². The van der Waals surface area contributed by atoms with Crippen LogP contribution in [0, 0.1) is 5.92 Å². The van der Waals surface area contributed by atoms with Crippen LogP contribution in [0.4, 0.5) is 0 Å². The highest BCUT2D eigenvalue weighted by Gasteiger charge is 2.23. The fraction of sp³-hybridized carbons (Fsp3) is 0.846. The summed E-state index contributed by atoms with van der Waals surface area (Å²) in [5.74, 6) is -0.179. The fourth-order valence-corrected chi connectivity index (χ4v) is 3.61. The van der Waals surface area contributed by atoms with Gasteiger partial charge >= 0.3 is 5.97 Å². The SMILES string of the molecule is C=C(CC(C)NC(=O)C(CCCCCC)CCCCCCCC)C(=O)OC(C)(C)C. The Morgan fingerprint density at radius 2 is 1.33 bits per heavy atom. The lowest BCUT2D eigenvalue weighted by Crippen LogP contribution is -2.38. The van der Waals surface area contributed by atoms with Crippen LogP contribution in [0.2, 0.25) is 0 Å². The van der Waals surface area contributed by atoms with Gasteiger partial charge in [0.2, 0.25) is 5.91 Å². The minimum atomic E-state index is -0.535. The van der Waals surface area contributed by atoms with E-state index in [0.29, 0.717) is 12.0 Å². The van der Waals surface area contributed by atoms with Crippen molar-refractivity contribution in [3.8, 4) is 0 Å². The van der Waals surface area contributed by atoms with Crippen LogP contribution in [0.3, 0.4) is 0 Å². The van der Waals surface area contributed by atoms with E-state index in [1.807, 2.05) is 27.7 Å². The molecule has 0 aliphatic heterocycles. The normalized spacial score (nSPS) is 13.5. The zero-order valence-corrected chi connectivity index (χ0v) is 20.8. The number of carbonyl (C=O) groups is 2. The zero-order chi connectivity index (χ0) is 23.0. The van der Waals surface area contributed by atoms with E-state index < -0.39 is 5.60 Å². The van der Waals surface area contributed by atoms with Gasteiger partial charge in [-0.3, -0.25) is 4.79 Å². The van der Waals surface area contributed by atoms with Crippen molar-refractivity contribution in [1.82, 2.24) is 5.32 Å². The molecule has 176 valence electrons. The molecule has 0 saturated carbocycles. The van der Waals surface area contributed by atoms with Crippen LogP contribution in [0.15, 0.2) is 12.2 Å². The number of esters is 1. The van der Waals surface area contributed by atoms with E-state index in [1.54, 1.807) is 0 Å². The number of hydrogen-bond acceptors (Lipinski definition) is 3. The second-order valence-electron chi connectivity index (χ2n) is 9.82. The van der Waals surface area contributed by atoms with E-state index in [0.717, 1.165) is 25.7 Å². The molecule has 4 heteroatoms. The lowest BCUT2D eigenvalue weighted by Gasteiger charge is -2.23. The molecule has 2 atom stereocenters. The molecular weight excluding hydrogens is 374 g/mol. The first kappa shape index (κ1) is 28.7. The van der Waals surface area contributed by atoms with Gasteiger partial charge in [0, 0.05) is 17.5 Å². The smallest absolute Gasteiger partial charge is 0.333 e. The van der Waals surface area contributed by atoms with Gasteiger partial charge in [-0.05, 0) is 47.0 Å². The van der Waals surface area contributed by atoms with Gasteiger partial charge in [0.05, 0.1) is 0 Å². The minimum absolute atomic E-state index is 0.0743. The van der Waals surface area contributed by atoms with Gasteiger partial charge in [-0.1, -0.05) is 84.6 Å². The summed E-state index contributed by atoms with van der Waals surface area (Å²) in [6.45, 7) is 15.8. The van der Waals surface area contributed by atoms with Gasteiger partial charge in [-0.15, -0.1) is 0 Å². The number of nitrogens with one attached hydrogen (secondary N) is 1. The van der Waals surface area contributed by atoms with Crippen molar-refractivity contribution >= 4 is 11.9 Å². The molecule has 0 aliphatic carbocycles. The molecule has 4 nitrogen and oxygen atoms in total. The van der Waals surface area contributed by atoms with E-state index in [4.69, 9.17) is 4.74 Å². The molecule has 30 heavy (non-hydrogen) atoms. The second-order valence-corrected chi connectivity index (χ2v) is 9.82. The topological polar surface area (TPSA) is 55.4 Å². The molecule has 2 unspecified atom stereocenters. The number of unbranched alkanes of at least 4 members (excludes halogenated alkanes) is 8. The van der Waals surface area contributed by atoms with Crippen molar-refractivity contribution in [2.45, 2.75) is 137 Å². The van der Waals surface area contributed by atoms with Crippen molar-refractivity contribution in [3.63, 3.8) is 0 Å². The predicted octanol–water partition coefficient (Wildman–Crippen LogP) is 7.12. The molecule has 0 heterocycles. The fourth-order valence-electron chi connectivity index (χ4n) is 3.61. The average Bonchev–Trinajstić information content (AvgIpc) is 2.64. The Balaban J connectivity index is 4.55. The summed E-state index contributed by atoms with van der Waals surface area (Å²) in [6, 6.07) is -0.125. The standard InChI is InChI=1S/C26H49NO3/c1-8-10-12-14-15-17-19-23(18-16-13-11-9-2)24(28)27-22(4)20-21(3)25(29)30-26(5,6)7/h22-23H,3,8-20H2,1-2,4-7H3,(H,27,28). The number of ether oxygens (including phenoxy) is 1. The van der Waals surface area contributed by atoms with E-state index in [1.165, 1.54) is 51.4 Å². The molecule has 0 aromatic heterocycles. The van der Waals surface area contributed by atoms with Crippen molar-refractivity contribution in [2.24, 2.45) is 5.92 Å². The van der Waals surface area contributed by atoms with Crippen molar-refractivity contribution in [3.05, 3.63) is 12.2 Å². The van der Waals surface area contributed by atoms with Gasteiger partial charge in [0.1, 0.15) is 5.60 Å². The second kappa shape index (κ2) is 16.4. The molecule has 1 N–H and O–H groups in total. The van der Waals surface area contributed by atoms with Crippen LogP contribution < -0.4 is 5.32 Å². The largest absolute Gasteiger partial charge is 0.457 e. The Hall–Kier alpha value is -1.32. The number of rotatable bonds is 17. The monoisotopic (exact) mass is 423 g/mol. The number of carbonyl (C=O) groups excluding carboxylic acids is 2. The predicted molar refractivity (Wildman–Crippen MR) is 127 cm³/mol. The summed E-state index contributed by atoms with van der Waals surface area (Å²) in [5.41, 5.74) is -0.124. The molecule has 0 aromatic rings. The summed E-state index contributed by atoms with van der Waals surface area (Å²) in [6.07, 6.45) is 14.5. The highest BCUT2D eigenvalue weighted by atomic mass is 16.6. The molecule has 0 radical (unpaired) electrons.